The average molecular weight is 721 g/mol. The zero-order valence-electron chi connectivity index (χ0n) is 24.4. The van der Waals surface area contributed by atoms with E-state index in [0.717, 1.165) is 44.9 Å². The van der Waals surface area contributed by atoms with Crippen LogP contribution in [0.5, 0.6) is 5.75 Å². The van der Waals surface area contributed by atoms with E-state index in [1.807, 2.05) is 78.9 Å². The Balaban J connectivity index is 1.44. The molecule has 0 aromatic heterocycles. The highest BCUT2D eigenvalue weighted by atomic mass is 79.9. The second kappa shape index (κ2) is 15.5. The molecule has 1 aliphatic rings. The maximum atomic E-state index is 14.3. The number of aliphatic imine (C=N–C) groups is 1. The minimum Gasteiger partial charge on any atom is -0.494 e. The summed E-state index contributed by atoms with van der Waals surface area (Å²) < 4.78 is 14.2. The smallest absolute Gasteiger partial charge is 0.252 e. The Hall–Kier alpha value is -3.46. The van der Waals surface area contributed by atoms with E-state index in [9.17, 15) is 4.79 Å². The van der Waals surface area contributed by atoms with Gasteiger partial charge in [0.15, 0.2) is 11.6 Å². The Labute approximate surface area is 275 Å². The van der Waals surface area contributed by atoms with Gasteiger partial charge in [-0.15, -0.1) is 0 Å². The molecule has 0 unspecified atom stereocenters. The maximum Gasteiger partial charge on any atom is 0.252 e. The van der Waals surface area contributed by atoms with E-state index in [1.54, 1.807) is 0 Å². The lowest BCUT2D eigenvalue weighted by atomic mass is 9.82. The van der Waals surface area contributed by atoms with Crippen molar-refractivity contribution in [3.8, 4) is 5.75 Å². The Morgan fingerprint density at radius 2 is 1.52 bits per heavy atom. The molecule has 0 saturated heterocycles. The van der Waals surface area contributed by atoms with Crippen molar-refractivity contribution in [3.63, 3.8) is 0 Å². The van der Waals surface area contributed by atoms with Crippen molar-refractivity contribution in [1.82, 2.24) is 5.32 Å². The van der Waals surface area contributed by atoms with Gasteiger partial charge in [0.1, 0.15) is 5.75 Å². The number of aliphatic hydroxyl groups is 1. The quantitative estimate of drug-likeness (QED) is 0.132. The number of hydrogen-bond acceptors (Lipinski definition) is 5. The monoisotopic (exact) mass is 718 g/mol. The Kier molecular flexibility index (Phi) is 11.3. The fourth-order valence-electron chi connectivity index (χ4n) is 5.29. The Bertz CT molecular complexity index is 1530. The van der Waals surface area contributed by atoms with Gasteiger partial charge >= 0.3 is 0 Å². The molecule has 228 valence electrons. The van der Waals surface area contributed by atoms with Crippen LogP contribution >= 0.6 is 31.9 Å². The van der Waals surface area contributed by atoms with Crippen LogP contribution in [0.4, 0.5) is 0 Å². The number of ether oxygens (including phenoxy) is 2. The molecule has 0 fully saturated rings. The van der Waals surface area contributed by atoms with Crippen LogP contribution in [0.25, 0.3) is 0 Å². The molecule has 4 aromatic carbocycles. The van der Waals surface area contributed by atoms with Crippen molar-refractivity contribution < 1.29 is 19.4 Å². The van der Waals surface area contributed by atoms with E-state index in [4.69, 9.17) is 19.6 Å². The summed E-state index contributed by atoms with van der Waals surface area (Å²) in [4.78, 5) is 19.5. The maximum absolute atomic E-state index is 14.3. The van der Waals surface area contributed by atoms with Crippen molar-refractivity contribution in [1.29, 1.82) is 0 Å². The lowest BCUT2D eigenvalue weighted by Crippen LogP contribution is -2.50. The first-order valence-electron chi connectivity index (χ1n) is 14.9. The standard InChI is InChI=1S/C36H36Br2N2O4/c37-30-16-10-27(11-17-30)25-36(35(42)39-22-5-4-9-26-7-2-1-3-8-26)33(28-12-18-31(38)19-13-28)44-34(40-36)29-14-20-32(21-15-29)43-24-6-23-41/h1-3,7-8,10-21,33,41H,4-6,9,22-25H2,(H,39,42)/t33-,36-/m1/s1. The number of aliphatic hydroxyl groups excluding tert-OH is 1. The molecule has 0 aliphatic carbocycles. The van der Waals surface area contributed by atoms with Crippen LogP contribution in [-0.4, -0.2) is 42.2 Å². The van der Waals surface area contributed by atoms with Crippen molar-refractivity contribution in [2.45, 2.75) is 43.7 Å². The summed E-state index contributed by atoms with van der Waals surface area (Å²) >= 11 is 7.07. The van der Waals surface area contributed by atoms with Crippen LogP contribution in [0.15, 0.2) is 117 Å². The zero-order chi connectivity index (χ0) is 30.8. The first-order chi connectivity index (χ1) is 21.5. The SMILES string of the molecule is O=C(NCCCCc1ccccc1)[C@]1(Cc2ccc(Br)cc2)N=C(c2ccc(OCCCO)cc2)O[C@@H]1c1ccc(Br)cc1. The van der Waals surface area contributed by atoms with Crippen molar-refractivity contribution in [3.05, 3.63) is 134 Å². The van der Waals surface area contributed by atoms with Crippen LogP contribution < -0.4 is 10.1 Å². The summed E-state index contributed by atoms with van der Waals surface area (Å²) in [5.41, 5.74) is 2.68. The summed E-state index contributed by atoms with van der Waals surface area (Å²) in [7, 11) is 0. The van der Waals surface area contributed by atoms with Gasteiger partial charge in [-0.3, -0.25) is 4.79 Å². The molecule has 1 aliphatic heterocycles. The normalized spacial score (nSPS) is 17.5. The molecule has 6 nitrogen and oxygen atoms in total. The van der Waals surface area contributed by atoms with E-state index in [-0.39, 0.29) is 12.5 Å². The first-order valence-corrected chi connectivity index (χ1v) is 16.5. The van der Waals surface area contributed by atoms with Crippen LogP contribution in [0, 0.1) is 0 Å². The van der Waals surface area contributed by atoms with Gasteiger partial charge in [0, 0.05) is 40.5 Å². The van der Waals surface area contributed by atoms with Crippen molar-refractivity contribution in [2.75, 3.05) is 19.8 Å². The minimum absolute atomic E-state index is 0.0791. The number of benzene rings is 4. The third kappa shape index (κ3) is 8.17. The van der Waals surface area contributed by atoms with E-state index >= 15 is 0 Å². The van der Waals surface area contributed by atoms with Gasteiger partial charge in [0.25, 0.3) is 5.91 Å². The lowest BCUT2D eigenvalue weighted by molar-refractivity contribution is -0.128. The first kappa shape index (κ1) is 31.9. The average Bonchev–Trinajstić information content (AvgIpc) is 3.43. The highest BCUT2D eigenvalue weighted by Gasteiger charge is 2.53. The number of halogens is 2. The fraction of sp³-hybridized carbons (Fsp3) is 0.278. The Morgan fingerprint density at radius 1 is 0.841 bits per heavy atom. The molecule has 4 aromatic rings. The van der Waals surface area contributed by atoms with Crippen LogP contribution in [-0.2, 0) is 22.4 Å². The predicted octanol–water partition coefficient (Wildman–Crippen LogP) is 7.61. The number of carbonyl (C=O) groups is 1. The van der Waals surface area contributed by atoms with Gasteiger partial charge in [-0.1, -0.05) is 86.5 Å². The third-order valence-electron chi connectivity index (χ3n) is 7.61. The van der Waals surface area contributed by atoms with Gasteiger partial charge in [0.2, 0.25) is 5.90 Å². The van der Waals surface area contributed by atoms with Crippen LogP contribution in [0.2, 0.25) is 0 Å². The highest BCUT2D eigenvalue weighted by molar-refractivity contribution is 9.10. The number of nitrogens with zero attached hydrogens (tertiary/aromatic N) is 1. The molecule has 2 N–H and O–H groups in total. The van der Waals surface area contributed by atoms with Gasteiger partial charge in [-0.25, -0.2) is 4.99 Å². The molecule has 1 heterocycles. The topological polar surface area (TPSA) is 80.2 Å². The summed E-state index contributed by atoms with van der Waals surface area (Å²) in [5, 5.41) is 12.3. The molecule has 5 rings (SSSR count). The predicted molar refractivity (Wildman–Crippen MR) is 181 cm³/mol. The van der Waals surface area contributed by atoms with Crippen LogP contribution in [0.3, 0.4) is 0 Å². The molecule has 2 atom stereocenters. The largest absolute Gasteiger partial charge is 0.494 e. The molecule has 44 heavy (non-hydrogen) atoms. The van der Waals surface area contributed by atoms with Gasteiger partial charge < -0.3 is 19.9 Å². The number of amides is 1. The molecule has 0 spiro atoms. The molecular formula is C36H36Br2N2O4. The molecule has 0 bridgehead atoms. The number of aryl methyl sites for hydroxylation is 1. The summed E-state index contributed by atoms with van der Waals surface area (Å²) in [5.74, 6) is 0.947. The summed E-state index contributed by atoms with van der Waals surface area (Å²) in [6, 6.07) is 33.8. The van der Waals surface area contributed by atoms with Gasteiger partial charge in [-0.2, -0.15) is 0 Å². The highest BCUT2D eigenvalue weighted by Crippen LogP contribution is 2.43. The number of carbonyl (C=O) groups excluding carboxylic acids is 1. The Morgan fingerprint density at radius 3 is 2.20 bits per heavy atom. The molecule has 0 saturated carbocycles. The molecule has 1 amide bonds. The summed E-state index contributed by atoms with van der Waals surface area (Å²) in [6.45, 7) is 1.06. The number of unbranched alkanes of at least 4 members (excludes halogenated alkanes) is 1. The van der Waals surface area contributed by atoms with Gasteiger partial charge in [0.05, 0.1) is 6.61 Å². The van der Waals surface area contributed by atoms with E-state index < -0.39 is 11.6 Å². The lowest BCUT2D eigenvalue weighted by Gasteiger charge is -2.31. The van der Waals surface area contributed by atoms with E-state index in [2.05, 4.69) is 61.4 Å². The third-order valence-corrected chi connectivity index (χ3v) is 8.67. The van der Waals surface area contributed by atoms with Crippen LogP contribution in [0.1, 0.15) is 47.6 Å². The van der Waals surface area contributed by atoms with Crippen molar-refractivity contribution >= 4 is 43.7 Å². The number of rotatable bonds is 14. The summed E-state index contributed by atoms with van der Waals surface area (Å²) in [6.07, 6.45) is 3.08. The fourth-order valence-corrected chi connectivity index (χ4v) is 5.82. The minimum atomic E-state index is -1.23. The van der Waals surface area contributed by atoms with E-state index in [1.165, 1.54) is 5.56 Å². The van der Waals surface area contributed by atoms with Crippen molar-refractivity contribution in [2.24, 2.45) is 4.99 Å². The zero-order valence-corrected chi connectivity index (χ0v) is 27.6. The second-order valence-electron chi connectivity index (χ2n) is 10.8. The molecule has 8 heteroatoms. The molecular weight excluding hydrogens is 684 g/mol. The second-order valence-corrected chi connectivity index (χ2v) is 12.7. The number of hydrogen-bond donors (Lipinski definition) is 2. The molecule has 0 radical (unpaired) electrons. The van der Waals surface area contributed by atoms with Gasteiger partial charge in [-0.05, 0) is 84.5 Å². The number of nitrogens with one attached hydrogen (secondary N) is 1. The van der Waals surface area contributed by atoms with E-state index in [0.29, 0.717) is 37.6 Å².